The summed E-state index contributed by atoms with van der Waals surface area (Å²) in [5, 5.41) is 15.5. The van der Waals surface area contributed by atoms with Gasteiger partial charge in [-0.3, -0.25) is 15.0 Å². The Bertz CT molecular complexity index is 2040. The highest BCUT2D eigenvalue weighted by Gasteiger charge is 2.38. The molecule has 0 radical (unpaired) electrons. The largest absolute Gasteiger partial charge is 0.449 e. The first-order chi connectivity index (χ1) is 25.0. The fourth-order valence-electron chi connectivity index (χ4n) is 7.80. The summed E-state index contributed by atoms with van der Waals surface area (Å²) in [6.45, 7) is -0.207. The summed E-state index contributed by atoms with van der Waals surface area (Å²) in [4.78, 5) is 42.1. The Kier molecular flexibility index (Phi) is 8.71. The van der Waals surface area contributed by atoms with Crippen molar-refractivity contribution < 1.29 is 29.0 Å². The number of benzene rings is 5. The minimum Gasteiger partial charge on any atom is -0.449 e. The molecule has 256 valence electrons. The number of hydrogen-bond acceptors (Lipinski definition) is 6. The molecule has 0 bridgehead atoms. The van der Waals surface area contributed by atoms with Crippen LogP contribution in [0.25, 0.3) is 22.3 Å². The smallest absolute Gasteiger partial charge is 0.410 e. The zero-order valence-corrected chi connectivity index (χ0v) is 27.8. The molecular formula is C42H37N3O6. The van der Waals surface area contributed by atoms with Crippen LogP contribution in [0.4, 0.5) is 9.59 Å². The average molecular weight is 680 g/mol. The number of aliphatic hydroxyl groups excluding tert-OH is 1. The van der Waals surface area contributed by atoms with Crippen LogP contribution in [0.3, 0.4) is 0 Å². The van der Waals surface area contributed by atoms with Gasteiger partial charge < -0.3 is 19.9 Å². The van der Waals surface area contributed by atoms with Gasteiger partial charge >= 0.3 is 12.2 Å². The van der Waals surface area contributed by atoms with Crippen LogP contribution in [0.15, 0.2) is 121 Å². The SMILES string of the molecule is O=C(NC(CO)NC(=O)C1Cc2ccccc2CN1C(=O)OCC1c2ccccc2-c2ccccc21)OCC1c2ccccc2-c2ccccc21. The van der Waals surface area contributed by atoms with Crippen LogP contribution in [0, 0.1) is 0 Å². The second-order valence-electron chi connectivity index (χ2n) is 13.1. The lowest BCUT2D eigenvalue weighted by molar-refractivity contribution is -0.127. The molecule has 3 aliphatic rings. The molecule has 2 aliphatic carbocycles. The van der Waals surface area contributed by atoms with Crippen LogP contribution in [-0.2, 0) is 27.2 Å². The van der Waals surface area contributed by atoms with Crippen molar-refractivity contribution in [2.45, 2.75) is 37.0 Å². The molecule has 0 saturated carbocycles. The van der Waals surface area contributed by atoms with E-state index >= 15 is 0 Å². The molecule has 0 saturated heterocycles. The Morgan fingerprint density at radius 1 is 0.627 bits per heavy atom. The maximum absolute atomic E-state index is 13.8. The molecule has 5 aromatic carbocycles. The summed E-state index contributed by atoms with van der Waals surface area (Å²) in [5.74, 6) is -0.805. The van der Waals surface area contributed by atoms with Gasteiger partial charge in [0.25, 0.3) is 0 Å². The van der Waals surface area contributed by atoms with Crippen molar-refractivity contribution in [1.29, 1.82) is 0 Å². The van der Waals surface area contributed by atoms with Crippen molar-refractivity contribution in [3.8, 4) is 22.3 Å². The summed E-state index contributed by atoms with van der Waals surface area (Å²) in [6, 6.07) is 39.0. The van der Waals surface area contributed by atoms with Crippen LogP contribution >= 0.6 is 0 Å². The molecule has 0 spiro atoms. The van der Waals surface area contributed by atoms with Crippen LogP contribution in [0.5, 0.6) is 0 Å². The van der Waals surface area contributed by atoms with Gasteiger partial charge in [0.1, 0.15) is 25.4 Å². The van der Waals surface area contributed by atoms with Crippen molar-refractivity contribution in [3.05, 3.63) is 155 Å². The predicted octanol–water partition coefficient (Wildman–Crippen LogP) is 6.34. The van der Waals surface area contributed by atoms with E-state index in [-0.39, 0.29) is 38.0 Å². The van der Waals surface area contributed by atoms with Gasteiger partial charge in [-0.05, 0) is 55.6 Å². The molecule has 5 aromatic rings. The van der Waals surface area contributed by atoms with Gasteiger partial charge in [0.15, 0.2) is 0 Å². The summed E-state index contributed by atoms with van der Waals surface area (Å²) in [7, 11) is 0. The van der Waals surface area contributed by atoms with E-state index < -0.39 is 36.9 Å². The number of aliphatic hydroxyl groups is 1. The monoisotopic (exact) mass is 679 g/mol. The Labute approximate surface area is 295 Å². The van der Waals surface area contributed by atoms with Crippen LogP contribution in [0.1, 0.15) is 45.2 Å². The van der Waals surface area contributed by atoms with Gasteiger partial charge in [-0.2, -0.15) is 0 Å². The van der Waals surface area contributed by atoms with Crippen molar-refractivity contribution in [1.82, 2.24) is 15.5 Å². The lowest BCUT2D eigenvalue weighted by atomic mass is 9.93. The number of rotatable bonds is 8. The quantitative estimate of drug-likeness (QED) is 0.165. The third kappa shape index (κ3) is 6.10. The lowest BCUT2D eigenvalue weighted by Gasteiger charge is -2.36. The summed E-state index contributed by atoms with van der Waals surface area (Å²) < 4.78 is 11.6. The Hall–Kier alpha value is -5.93. The van der Waals surface area contributed by atoms with Gasteiger partial charge in [-0.15, -0.1) is 0 Å². The Morgan fingerprint density at radius 2 is 1.08 bits per heavy atom. The second kappa shape index (κ2) is 13.8. The lowest BCUT2D eigenvalue weighted by Crippen LogP contribution is -2.58. The number of amides is 3. The number of carbonyl (C=O) groups is 3. The molecule has 9 nitrogen and oxygen atoms in total. The molecule has 9 heteroatoms. The molecule has 3 amide bonds. The van der Waals surface area contributed by atoms with E-state index in [1.54, 1.807) is 0 Å². The molecule has 0 fully saturated rings. The number of hydrogen-bond donors (Lipinski definition) is 3. The van der Waals surface area contributed by atoms with E-state index in [2.05, 4.69) is 47.0 Å². The minimum absolute atomic E-state index is 0.0843. The standard InChI is InChI=1S/C42H37N3O6/c46-23-39(44-41(48)50-24-36-32-17-7-3-13-28(32)29-14-4-8-18-33(29)36)43-40(47)38-21-26-11-1-2-12-27(26)22-45(38)42(49)51-25-37-34-19-9-5-15-30(34)31-16-6-10-20-35(31)37/h1-20,36-39,46H,21-25H2,(H,43,47)(H,44,48). The van der Waals surface area contributed by atoms with Crippen molar-refractivity contribution in [2.75, 3.05) is 19.8 Å². The number of alkyl carbamates (subject to hydrolysis) is 1. The van der Waals surface area contributed by atoms with Crippen LogP contribution < -0.4 is 10.6 Å². The van der Waals surface area contributed by atoms with E-state index in [1.165, 1.54) is 4.90 Å². The second-order valence-corrected chi connectivity index (χ2v) is 13.1. The highest BCUT2D eigenvalue weighted by Crippen LogP contribution is 2.45. The normalized spacial score (nSPS) is 16.2. The van der Waals surface area contributed by atoms with Gasteiger partial charge in [-0.1, -0.05) is 121 Å². The highest BCUT2D eigenvalue weighted by atomic mass is 16.6. The molecule has 2 atom stereocenters. The van der Waals surface area contributed by atoms with Crippen molar-refractivity contribution >= 4 is 18.1 Å². The summed E-state index contributed by atoms with van der Waals surface area (Å²) in [5.41, 5.74) is 10.7. The zero-order chi connectivity index (χ0) is 34.9. The van der Waals surface area contributed by atoms with Gasteiger partial charge in [0, 0.05) is 18.3 Å². The van der Waals surface area contributed by atoms with E-state index in [9.17, 15) is 19.5 Å². The number of ether oxygens (including phenoxy) is 2. The first-order valence-electron chi connectivity index (χ1n) is 17.2. The van der Waals surface area contributed by atoms with E-state index in [0.717, 1.165) is 55.6 Å². The average Bonchev–Trinajstić information content (AvgIpc) is 3.67. The van der Waals surface area contributed by atoms with Crippen molar-refractivity contribution in [3.63, 3.8) is 0 Å². The first kappa shape index (κ1) is 32.3. The minimum atomic E-state index is -1.14. The topological polar surface area (TPSA) is 117 Å². The first-order valence-corrected chi connectivity index (χ1v) is 17.2. The molecule has 51 heavy (non-hydrogen) atoms. The maximum atomic E-state index is 13.8. The summed E-state index contributed by atoms with van der Waals surface area (Å²) >= 11 is 0. The zero-order valence-electron chi connectivity index (χ0n) is 27.8. The third-order valence-electron chi connectivity index (χ3n) is 10.3. The summed E-state index contributed by atoms with van der Waals surface area (Å²) in [6.07, 6.45) is -2.29. The van der Waals surface area contributed by atoms with Gasteiger partial charge in [0.2, 0.25) is 5.91 Å². The number of nitrogens with zero attached hydrogens (tertiary/aromatic N) is 1. The molecule has 2 unspecified atom stereocenters. The fourth-order valence-corrected chi connectivity index (χ4v) is 7.80. The third-order valence-corrected chi connectivity index (χ3v) is 10.3. The molecule has 3 N–H and O–H groups in total. The number of carbonyl (C=O) groups excluding carboxylic acids is 3. The van der Waals surface area contributed by atoms with Gasteiger partial charge in [-0.25, -0.2) is 9.59 Å². The maximum Gasteiger partial charge on any atom is 0.410 e. The number of fused-ring (bicyclic) bond motifs is 7. The van der Waals surface area contributed by atoms with Crippen LogP contribution in [-0.4, -0.2) is 60.1 Å². The van der Waals surface area contributed by atoms with Crippen molar-refractivity contribution in [2.24, 2.45) is 0 Å². The highest BCUT2D eigenvalue weighted by molar-refractivity contribution is 5.87. The van der Waals surface area contributed by atoms with Gasteiger partial charge in [0.05, 0.1) is 13.2 Å². The van der Waals surface area contributed by atoms with E-state index in [1.807, 2.05) is 84.9 Å². The predicted molar refractivity (Wildman–Crippen MR) is 192 cm³/mol. The molecule has 0 aromatic heterocycles. The number of nitrogens with one attached hydrogen (secondary N) is 2. The molecule has 1 aliphatic heterocycles. The van der Waals surface area contributed by atoms with E-state index in [0.29, 0.717) is 0 Å². The fraction of sp³-hybridized carbons (Fsp3) is 0.214. The van der Waals surface area contributed by atoms with E-state index in [4.69, 9.17) is 9.47 Å². The Balaban J connectivity index is 0.936. The van der Waals surface area contributed by atoms with Crippen LogP contribution in [0.2, 0.25) is 0 Å². The molecule has 1 heterocycles. The molecular weight excluding hydrogens is 642 g/mol. The Morgan fingerprint density at radius 3 is 1.59 bits per heavy atom. The molecule has 8 rings (SSSR count).